The van der Waals surface area contributed by atoms with E-state index < -0.39 is 0 Å². The first-order chi connectivity index (χ1) is 6.24. The Kier molecular flexibility index (Phi) is 3.74. The molecule has 0 aromatic rings. The lowest BCUT2D eigenvalue weighted by molar-refractivity contribution is 0.515. The number of rotatable bonds is 2. The van der Waals surface area contributed by atoms with Crippen LogP contribution in [0.4, 0.5) is 0 Å². The zero-order valence-electron chi connectivity index (χ0n) is 8.58. The Hall–Kier alpha value is -1.05. The van der Waals surface area contributed by atoms with E-state index in [-0.39, 0.29) is 0 Å². The highest BCUT2D eigenvalue weighted by Gasteiger charge is 2.11. The van der Waals surface area contributed by atoms with E-state index in [9.17, 15) is 0 Å². The summed E-state index contributed by atoms with van der Waals surface area (Å²) in [5.74, 6) is 1.13. The molecule has 0 bridgehead atoms. The molecule has 0 aromatic heterocycles. The van der Waals surface area contributed by atoms with Gasteiger partial charge >= 0.3 is 0 Å². The quantitative estimate of drug-likeness (QED) is 0.360. The van der Waals surface area contributed by atoms with E-state index in [2.05, 4.69) is 23.4 Å². The number of aliphatic imine (C=N–C) groups is 1. The van der Waals surface area contributed by atoms with Gasteiger partial charge in [-0.1, -0.05) is 12.7 Å². The summed E-state index contributed by atoms with van der Waals surface area (Å²) < 4.78 is 0. The van der Waals surface area contributed by atoms with Crippen molar-refractivity contribution < 1.29 is 0 Å². The van der Waals surface area contributed by atoms with Crippen LogP contribution in [-0.4, -0.2) is 23.8 Å². The second-order valence-corrected chi connectivity index (χ2v) is 3.40. The maximum absolute atomic E-state index is 4.48. The van der Waals surface area contributed by atoms with Crippen LogP contribution in [0.5, 0.6) is 0 Å². The molecule has 13 heavy (non-hydrogen) atoms. The normalized spacial score (nSPS) is 19.4. The molecule has 1 heterocycles. The summed E-state index contributed by atoms with van der Waals surface area (Å²) in [7, 11) is 0. The van der Waals surface area contributed by atoms with Gasteiger partial charge in [-0.05, 0) is 32.8 Å². The topological polar surface area (TPSA) is 15.6 Å². The minimum Gasteiger partial charge on any atom is -0.360 e. The molecule has 0 aromatic carbocycles. The van der Waals surface area contributed by atoms with Crippen LogP contribution in [-0.2, 0) is 0 Å². The molecule has 0 radical (unpaired) electrons. The predicted molar refractivity (Wildman–Crippen MR) is 57.9 cm³/mol. The van der Waals surface area contributed by atoms with Gasteiger partial charge in [0.05, 0.1) is 0 Å². The molecular formula is C11H18N2. The molecule has 1 saturated heterocycles. The minimum atomic E-state index is 1.03. The fraction of sp³-hybridized carbons (Fsp3) is 0.545. The molecule has 1 aliphatic heterocycles. The number of likely N-dealkylation sites (tertiary alicyclic amines) is 1. The Balaban J connectivity index is 2.58. The first kappa shape index (κ1) is 10.0. The first-order valence-electron chi connectivity index (χ1n) is 4.83. The van der Waals surface area contributed by atoms with Crippen LogP contribution in [0.3, 0.4) is 0 Å². The number of amidine groups is 1. The summed E-state index contributed by atoms with van der Waals surface area (Å²) >= 11 is 0. The fourth-order valence-electron chi connectivity index (χ4n) is 1.57. The van der Waals surface area contributed by atoms with E-state index in [4.69, 9.17) is 0 Å². The van der Waals surface area contributed by atoms with Crippen LogP contribution in [0.25, 0.3) is 0 Å². The molecule has 0 atom stereocenters. The summed E-state index contributed by atoms with van der Waals surface area (Å²) in [4.78, 5) is 6.81. The predicted octanol–water partition coefficient (Wildman–Crippen LogP) is 2.59. The van der Waals surface area contributed by atoms with E-state index in [1.807, 2.05) is 13.0 Å². The van der Waals surface area contributed by atoms with Gasteiger partial charge in [-0.2, -0.15) is 0 Å². The van der Waals surface area contributed by atoms with Crippen molar-refractivity contribution in [1.29, 1.82) is 0 Å². The maximum Gasteiger partial charge on any atom is 0.101 e. The summed E-state index contributed by atoms with van der Waals surface area (Å²) in [5.41, 5.74) is 1.03. The summed E-state index contributed by atoms with van der Waals surface area (Å²) in [5, 5.41) is 0. The molecular weight excluding hydrogens is 160 g/mol. The highest BCUT2D eigenvalue weighted by molar-refractivity contribution is 5.80. The third-order valence-electron chi connectivity index (χ3n) is 2.26. The van der Waals surface area contributed by atoms with E-state index in [1.165, 1.54) is 12.8 Å². The number of hydrogen-bond donors (Lipinski definition) is 0. The standard InChI is InChI=1S/C11H18N2/c1-4-7-10(2)12-11(3)13-8-5-6-9-13/h4,7H,1,5-6,8-9H2,2-3H3/b10-7+,12-11-. The van der Waals surface area contributed by atoms with E-state index in [0.29, 0.717) is 0 Å². The Morgan fingerprint density at radius 2 is 1.92 bits per heavy atom. The number of nitrogens with zero attached hydrogens (tertiary/aromatic N) is 2. The van der Waals surface area contributed by atoms with Crippen molar-refractivity contribution in [3.8, 4) is 0 Å². The number of allylic oxidation sites excluding steroid dienone is 3. The summed E-state index contributed by atoms with van der Waals surface area (Å²) in [6.45, 7) is 10.0. The smallest absolute Gasteiger partial charge is 0.101 e. The van der Waals surface area contributed by atoms with E-state index in [0.717, 1.165) is 24.6 Å². The molecule has 0 spiro atoms. The van der Waals surface area contributed by atoms with E-state index in [1.54, 1.807) is 6.08 Å². The second kappa shape index (κ2) is 4.85. The highest BCUT2D eigenvalue weighted by atomic mass is 15.2. The minimum absolute atomic E-state index is 1.03. The van der Waals surface area contributed by atoms with Crippen LogP contribution in [0.1, 0.15) is 26.7 Å². The number of hydrogen-bond acceptors (Lipinski definition) is 1. The van der Waals surface area contributed by atoms with Gasteiger partial charge in [-0.3, -0.25) is 0 Å². The summed E-state index contributed by atoms with van der Waals surface area (Å²) in [6, 6.07) is 0. The largest absolute Gasteiger partial charge is 0.360 e. The molecule has 0 amide bonds. The SMILES string of the molecule is C=C/C=C(C)/N=C(/C)N1CCCC1. The Morgan fingerprint density at radius 1 is 1.31 bits per heavy atom. The van der Waals surface area contributed by atoms with Crippen LogP contribution >= 0.6 is 0 Å². The lowest BCUT2D eigenvalue weighted by Gasteiger charge is -2.16. The molecule has 1 fully saturated rings. The molecule has 72 valence electrons. The second-order valence-electron chi connectivity index (χ2n) is 3.40. The van der Waals surface area contributed by atoms with Gasteiger partial charge in [0.1, 0.15) is 5.84 Å². The maximum atomic E-state index is 4.48. The van der Waals surface area contributed by atoms with Gasteiger partial charge in [-0.25, -0.2) is 4.99 Å². The third kappa shape index (κ3) is 3.05. The van der Waals surface area contributed by atoms with Gasteiger partial charge < -0.3 is 4.90 Å². The zero-order chi connectivity index (χ0) is 9.68. The Labute approximate surface area is 80.7 Å². The highest BCUT2D eigenvalue weighted by Crippen LogP contribution is 2.09. The average molecular weight is 178 g/mol. The lowest BCUT2D eigenvalue weighted by atomic mass is 10.4. The molecule has 0 N–H and O–H groups in total. The lowest BCUT2D eigenvalue weighted by Crippen LogP contribution is -2.24. The van der Waals surface area contributed by atoms with Crippen molar-refractivity contribution in [1.82, 2.24) is 4.90 Å². The monoisotopic (exact) mass is 178 g/mol. The van der Waals surface area contributed by atoms with E-state index >= 15 is 0 Å². The van der Waals surface area contributed by atoms with Gasteiger partial charge in [0.15, 0.2) is 0 Å². The van der Waals surface area contributed by atoms with Gasteiger partial charge in [0.25, 0.3) is 0 Å². The van der Waals surface area contributed by atoms with Crippen LogP contribution in [0.15, 0.2) is 29.4 Å². The molecule has 2 nitrogen and oxygen atoms in total. The molecule has 0 aliphatic carbocycles. The Bertz CT molecular complexity index is 232. The Morgan fingerprint density at radius 3 is 2.46 bits per heavy atom. The van der Waals surface area contributed by atoms with Crippen molar-refractivity contribution in [2.75, 3.05) is 13.1 Å². The molecule has 0 saturated carbocycles. The van der Waals surface area contributed by atoms with Crippen LogP contribution < -0.4 is 0 Å². The van der Waals surface area contributed by atoms with Gasteiger partial charge in [-0.15, -0.1) is 0 Å². The van der Waals surface area contributed by atoms with Crippen molar-refractivity contribution >= 4 is 5.84 Å². The summed E-state index contributed by atoms with van der Waals surface area (Å²) in [6.07, 6.45) is 6.31. The fourth-order valence-corrected chi connectivity index (χ4v) is 1.57. The van der Waals surface area contributed by atoms with Crippen molar-refractivity contribution in [2.24, 2.45) is 4.99 Å². The molecule has 1 rings (SSSR count). The van der Waals surface area contributed by atoms with Crippen molar-refractivity contribution in [3.05, 3.63) is 24.4 Å². The van der Waals surface area contributed by atoms with Crippen LogP contribution in [0, 0.1) is 0 Å². The first-order valence-corrected chi connectivity index (χ1v) is 4.83. The van der Waals surface area contributed by atoms with Crippen molar-refractivity contribution in [2.45, 2.75) is 26.7 Å². The molecule has 0 unspecified atom stereocenters. The van der Waals surface area contributed by atoms with Crippen LogP contribution in [0.2, 0.25) is 0 Å². The molecule has 2 heteroatoms. The molecule has 1 aliphatic rings. The van der Waals surface area contributed by atoms with Crippen molar-refractivity contribution in [3.63, 3.8) is 0 Å². The van der Waals surface area contributed by atoms with Gasteiger partial charge in [0.2, 0.25) is 0 Å². The zero-order valence-corrected chi connectivity index (χ0v) is 8.58. The average Bonchev–Trinajstić information content (AvgIpc) is 2.55. The van der Waals surface area contributed by atoms with Gasteiger partial charge in [0, 0.05) is 18.8 Å². The third-order valence-corrected chi connectivity index (χ3v) is 2.26.